The van der Waals surface area contributed by atoms with Crippen LogP contribution in [0, 0.1) is 13.8 Å². The number of aromatic amines is 1. The zero-order valence-electron chi connectivity index (χ0n) is 14.8. The lowest BCUT2D eigenvalue weighted by molar-refractivity contribution is 0.0736. The van der Waals surface area contributed by atoms with E-state index in [0.29, 0.717) is 45.3 Å². The van der Waals surface area contributed by atoms with Crippen molar-refractivity contribution in [1.82, 2.24) is 20.0 Å². The summed E-state index contributed by atoms with van der Waals surface area (Å²) in [6.07, 6.45) is 0.763. The van der Waals surface area contributed by atoms with Crippen molar-refractivity contribution in [1.29, 1.82) is 0 Å². The molecule has 2 aromatic heterocycles. The molecular formula is C18H19ClN4O3. The molecule has 1 N–H and O–H groups in total. The molecule has 7 nitrogen and oxygen atoms in total. The molecule has 0 atom stereocenters. The lowest BCUT2D eigenvalue weighted by atomic mass is 10.1. The normalized spacial score (nSPS) is 11.1. The Hall–Kier alpha value is -2.67. The van der Waals surface area contributed by atoms with Gasteiger partial charge in [0.05, 0.1) is 23.1 Å². The lowest BCUT2D eigenvalue weighted by Gasteiger charge is -2.21. The Labute approximate surface area is 155 Å². The van der Waals surface area contributed by atoms with Gasteiger partial charge in [-0.2, -0.15) is 0 Å². The van der Waals surface area contributed by atoms with Gasteiger partial charge in [0, 0.05) is 11.6 Å². The number of rotatable bonds is 5. The molecule has 0 unspecified atom stereocenters. The number of nitrogens with one attached hydrogen (secondary N) is 1. The summed E-state index contributed by atoms with van der Waals surface area (Å²) in [5, 5.41) is 4.80. The number of aromatic nitrogens is 3. The Morgan fingerprint density at radius 1 is 1.35 bits per heavy atom. The molecule has 3 rings (SSSR count). The van der Waals surface area contributed by atoms with Gasteiger partial charge in [-0.05, 0) is 38.5 Å². The zero-order chi connectivity index (χ0) is 18.8. The van der Waals surface area contributed by atoms with E-state index in [4.69, 9.17) is 16.1 Å². The van der Waals surface area contributed by atoms with Crippen LogP contribution in [0.3, 0.4) is 0 Å². The highest BCUT2D eigenvalue weighted by molar-refractivity contribution is 6.31. The number of hydrogen-bond acceptors (Lipinski definition) is 5. The smallest absolute Gasteiger partial charge is 0.259 e. The van der Waals surface area contributed by atoms with Crippen molar-refractivity contribution in [3.05, 3.63) is 56.4 Å². The maximum atomic E-state index is 12.9. The summed E-state index contributed by atoms with van der Waals surface area (Å²) in [6.45, 7) is 6.10. The Kier molecular flexibility index (Phi) is 5.08. The molecule has 1 aromatic carbocycles. The molecular weight excluding hydrogens is 356 g/mol. The molecule has 1 amide bonds. The number of fused-ring (bicyclic) bond motifs is 1. The third kappa shape index (κ3) is 3.48. The minimum Gasteiger partial charge on any atom is -0.361 e. The Balaban J connectivity index is 1.97. The van der Waals surface area contributed by atoms with Gasteiger partial charge in [0.2, 0.25) is 0 Å². The van der Waals surface area contributed by atoms with Crippen molar-refractivity contribution in [3.63, 3.8) is 0 Å². The lowest BCUT2D eigenvalue weighted by Crippen LogP contribution is -2.33. The summed E-state index contributed by atoms with van der Waals surface area (Å²) >= 11 is 6.00. The summed E-state index contributed by atoms with van der Waals surface area (Å²) in [6, 6.07) is 4.91. The zero-order valence-corrected chi connectivity index (χ0v) is 15.6. The second-order valence-corrected chi connectivity index (χ2v) is 6.54. The third-order valence-electron chi connectivity index (χ3n) is 4.09. The van der Waals surface area contributed by atoms with Gasteiger partial charge < -0.3 is 14.4 Å². The van der Waals surface area contributed by atoms with E-state index in [1.807, 2.05) is 6.92 Å². The SMILES string of the molecule is CCCN(Cc1nc2cc(Cl)ccc2c(=O)[nH]1)C(=O)c1c(C)noc1C. The summed E-state index contributed by atoms with van der Waals surface area (Å²) in [4.78, 5) is 34.0. The summed E-state index contributed by atoms with van der Waals surface area (Å²) in [5.74, 6) is 0.676. The topological polar surface area (TPSA) is 92.1 Å². The van der Waals surface area contributed by atoms with Crippen LogP contribution in [0.2, 0.25) is 5.02 Å². The van der Waals surface area contributed by atoms with E-state index in [1.54, 1.807) is 36.9 Å². The van der Waals surface area contributed by atoms with E-state index < -0.39 is 0 Å². The Morgan fingerprint density at radius 2 is 2.12 bits per heavy atom. The highest BCUT2D eigenvalue weighted by Crippen LogP contribution is 2.18. The first kappa shape index (κ1) is 18.1. The van der Waals surface area contributed by atoms with Crippen LogP contribution in [-0.2, 0) is 6.54 Å². The summed E-state index contributed by atoms with van der Waals surface area (Å²) in [7, 11) is 0. The fraction of sp³-hybridized carbons (Fsp3) is 0.333. The molecule has 136 valence electrons. The average Bonchev–Trinajstić information content (AvgIpc) is 2.92. The first-order chi connectivity index (χ1) is 12.4. The number of hydrogen-bond donors (Lipinski definition) is 1. The molecule has 0 aliphatic heterocycles. The van der Waals surface area contributed by atoms with E-state index >= 15 is 0 Å². The van der Waals surface area contributed by atoms with Gasteiger partial charge in [0.1, 0.15) is 17.1 Å². The molecule has 0 radical (unpaired) electrons. The molecule has 0 aliphatic carbocycles. The van der Waals surface area contributed by atoms with Crippen LogP contribution in [-0.4, -0.2) is 32.5 Å². The minimum atomic E-state index is -0.261. The second-order valence-electron chi connectivity index (χ2n) is 6.10. The Bertz CT molecular complexity index is 1010. The van der Waals surface area contributed by atoms with Gasteiger partial charge >= 0.3 is 0 Å². The standard InChI is InChI=1S/C18H19ClN4O3/c1-4-7-23(18(25)16-10(2)22-26-11(16)3)9-15-20-14-8-12(19)5-6-13(14)17(24)21-15/h5-6,8H,4,7,9H2,1-3H3,(H,20,21,24). The molecule has 3 aromatic rings. The predicted octanol–water partition coefficient (Wildman–Crippen LogP) is 3.23. The number of carbonyl (C=O) groups excluding carboxylic acids is 1. The van der Waals surface area contributed by atoms with Crippen LogP contribution in [0.5, 0.6) is 0 Å². The maximum absolute atomic E-state index is 12.9. The number of halogens is 1. The van der Waals surface area contributed by atoms with E-state index in [0.717, 1.165) is 6.42 Å². The van der Waals surface area contributed by atoms with Crippen LogP contribution in [0.25, 0.3) is 10.9 Å². The summed E-state index contributed by atoms with van der Waals surface area (Å²) < 4.78 is 5.10. The fourth-order valence-corrected chi connectivity index (χ4v) is 3.05. The molecule has 2 heterocycles. The number of aryl methyl sites for hydroxylation is 2. The first-order valence-electron chi connectivity index (χ1n) is 8.31. The van der Waals surface area contributed by atoms with Crippen molar-refractivity contribution < 1.29 is 9.32 Å². The minimum absolute atomic E-state index is 0.175. The van der Waals surface area contributed by atoms with E-state index in [-0.39, 0.29) is 18.0 Å². The quantitative estimate of drug-likeness (QED) is 0.740. The molecule has 0 bridgehead atoms. The predicted molar refractivity (Wildman–Crippen MR) is 98.4 cm³/mol. The fourth-order valence-electron chi connectivity index (χ4n) is 2.89. The van der Waals surface area contributed by atoms with Crippen LogP contribution in [0.1, 0.15) is 41.0 Å². The molecule has 0 spiro atoms. The van der Waals surface area contributed by atoms with Gasteiger partial charge in [0.25, 0.3) is 11.5 Å². The van der Waals surface area contributed by atoms with Crippen LogP contribution >= 0.6 is 11.6 Å². The van der Waals surface area contributed by atoms with E-state index in [1.165, 1.54) is 0 Å². The largest absolute Gasteiger partial charge is 0.361 e. The monoisotopic (exact) mass is 374 g/mol. The average molecular weight is 375 g/mol. The number of nitrogens with zero attached hydrogens (tertiary/aromatic N) is 3. The van der Waals surface area contributed by atoms with Crippen LogP contribution < -0.4 is 5.56 Å². The van der Waals surface area contributed by atoms with Crippen molar-refractivity contribution in [2.24, 2.45) is 0 Å². The van der Waals surface area contributed by atoms with E-state index in [9.17, 15) is 9.59 Å². The van der Waals surface area contributed by atoms with Crippen molar-refractivity contribution in [2.75, 3.05) is 6.54 Å². The molecule has 0 fully saturated rings. The van der Waals surface area contributed by atoms with Crippen LogP contribution in [0.15, 0.2) is 27.5 Å². The van der Waals surface area contributed by atoms with Gasteiger partial charge in [-0.1, -0.05) is 23.7 Å². The van der Waals surface area contributed by atoms with Gasteiger partial charge in [-0.15, -0.1) is 0 Å². The molecule has 8 heteroatoms. The number of amides is 1. The molecule has 26 heavy (non-hydrogen) atoms. The number of benzene rings is 1. The highest BCUT2D eigenvalue weighted by Gasteiger charge is 2.23. The number of carbonyl (C=O) groups is 1. The highest BCUT2D eigenvalue weighted by atomic mass is 35.5. The maximum Gasteiger partial charge on any atom is 0.259 e. The van der Waals surface area contributed by atoms with Crippen molar-refractivity contribution >= 4 is 28.4 Å². The van der Waals surface area contributed by atoms with Gasteiger partial charge in [-0.25, -0.2) is 4.98 Å². The Morgan fingerprint density at radius 3 is 2.77 bits per heavy atom. The van der Waals surface area contributed by atoms with Gasteiger partial charge in [0.15, 0.2) is 0 Å². The molecule has 0 saturated carbocycles. The third-order valence-corrected chi connectivity index (χ3v) is 4.32. The number of H-pyrrole nitrogens is 1. The van der Waals surface area contributed by atoms with Crippen molar-refractivity contribution in [2.45, 2.75) is 33.7 Å². The molecule has 0 aliphatic rings. The second kappa shape index (κ2) is 7.29. The van der Waals surface area contributed by atoms with Gasteiger partial charge in [-0.3, -0.25) is 9.59 Å². The van der Waals surface area contributed by atoms with Crippen molar-refractivity contribution in [3.8, 4) is 0 Å². The summed E-state index contributed by atoms with van der Waals surface area (Å²) in [5.41, 5.74) is 1.23. The van der Waals surface area contributed by atoms with Crippen LogP contribution in [0.4, 0.5) is 0 Å². The van der Waals surface area contributed by atoms with E-state index in [2.05, 4.69) is 15.1 Å². The first-order valence-corrected chi connectivity index (χ1v) is 8.69. The molecule has 0 saturated heterocycles.